The van der Waals surface area contributed by atoms with Gasteiger partial charge in [0.25, 0.3) is 0 Å². The fourth-order valence-corrected chi connectivity index (χ4v) is 7.10. The van der Waals surface area contributed by atoms with Gasteiger partial charge in [-0.1, -0.05) is 67.6 Å². The Hall–Kier alpha value is -5.69. The molecule has 4 aromatic heterocycles. The summed E-state index contributed by atoms with van der Waals surface area (Å²) in [5.74, 6) is 2.02. The van der Waals surface area contributed by atoms with E-state index in [1.807, 2.05) is 30.5 Å². The molecule has 8 rings (SSSR count). The molecule has 0 radical (unpaired) electrons. The summed E-state index contributed by atoms with van der Waals surface area (Å²) in [5, 5.41) is 0. The second-order valence-corrected chi connectivity index (χ2v) is 14.2. The molecule has 300 valence electrons. The van der Waals surface area contributed by atoms with Crippen LogP contribution < -0.4 is 14.7 Å². The monoisotopic (exact) mass is 793 g/mol. The van der Waals surface area contributed by atoms with Crippen molar-refractivity contribution in [3.8, 4) is 0 Å². The summed E-state index contributed by atoms with van der Waals surface area (Å²) in [4.78, 5) is 46.7. The average Bonchev–Trinajstić information content (AvgIpc) is 4.07. The molecule has 0 atom stereocenters. The van der Waals surface area contributed by atoms with Crippen LogP contribution in [0.2, 0.25) is 0 Å². The first-order chi connectivity index (χ1) is 27.8. The van der Waals surface area contributed by atoms with Gasteiger partial charge in [0.15, 0.2) is 11.3 Å². The molecule has 0 saturated carbocycles. The fraction of sp³-hybridized carbons (Fsp3) is 0.395. The Morgan fingerprint density at radius 3 is 1.58 bits per heavy atom. The predicted octanol–water partition coefficient (Wildman–Crippen LogP) is 8.70. The Kier molecular flexibility index (Phi) is 14.3. The molecular formula is C43H52ClN9O4. The second-order valence-electron chi connectivity index (χ2n) is 13.9. The van der Waals surface area contributed by atoms with E-state index in [-0.39, 0.29) is 0 Å². The number of halogens is 1. The molecule has 57 heavy (non-hydrogen) atoms. The molecule has 2 aromatic carbocycles. The van der Waals surface area contributed by atoms with Crippen LogP contribution in [-0.4, -0.2) is 87.0 Å². The molecule has 2 saturated heterocycles. The Balaban J connectivity index is 0.000000171. The lowest BCUT2D eigenvalue weighted by molar-refractivity contribution is 0.161. The molecular weight excluding hydrogens is 742 g/mol. The van der Waals surface area contributed by atoms with Crippen LogP contribution in [0.25, 0.3) is 22.3 Å². The zero-order valence-electron chi connectivity index (χ0n) is 33.3. The maximum absolute atomic E-state index is 12.1. The molecule has 0 N–H and O–H groups in total. The van der Waals surface area contributed by atoms with E-state index in [2.05, 4.69) is 89.1 Å². The Morgan fingerprint density at radius 2 is 1.14 bits per heavy atom. The van der Waals surface area contributed by atoms with E-state index in [9.17, 15) is 9.59 Å². The van der Waals surface area contributed by atoms with Gasteiger partial charge >= 0.3 is 11.5 Å². The van der Waals surface area contributed by atoms with Crippen molar-refractivity contribution in [3.05, 3.63) is 102 Å². The van der Waals surface area contributed by atoms with Gasteiger partial charge < -0.3 is 28.4 Å². The number of aromatic nitrogens is 6. The highest BCUT2D eigenvalue weighted by Gasteiger charge is 2.23. The lowest BCUT2D eigenvalue weighted by Crippen LogP contribution is -2.27. The largest absolute Gasteiger partial charge is 0.454 e. The summed E-state index contributed by atoms with van der Waals surface area (Å²) < 4.78 is 13.8. The van der Waals surface area contributed by atoms with Crippen LogP contribution in [0.1, 0.15) is 63.1 Å². The normalized spacial score (nSPS) is 13.6. The van der Waals surface area contributed by atoms with Crippen molar-refractivity contribution >= 4 is 63.0 Å². The first-order valence-corrected chi connectivity index (χ1v) is 20.2. The van der Waals surface area contributed by atoms with Gasteiger partial charge in [-0.3, -0.25) is 4.90 Å². The molecule has 14 heteroatoms. The molecule has 0 bridgehead atoms. The highest BCUT2D eigenvalue weighted by atomic mass is 35.5. The number of fused-ring (bicyclic) bond motifs is 2. The quantitative estimate of drug-likeness (QED) is 0.125. The van der Waals surface area contributed by atoms with Gasteiger partial charge in [0.05, 0.1) is 49.2 Å². The van der Waals surface area contributed by atoms with E-state index in [1.165, 1.54) is 47.3 Å². The van der Waals surface area contributed by atoms with Crippen LogP contribution >= 0.6 is 11.6 Å². The van der Waals surface area contributed by atoms with Crippen LogP contribution in [0.3, 0.4) is 0 Å². The van der Waals surface area contributed by atoms with Crippen LogP contribution in [0.4, 0.5) is 27.2 Å². The van der Waals surface area contributed by atoms with Crippen molar-refractivity contribution in [2.45, 2.75) is 66.0 Å². The summed E-state index contributed by atoms with van der Waals surface area (Å²) in [7, 11) is 1.69. The van der Waals surface area contributed by atoms with Gasteiger partial charge in [0.1, 0.15) is 0 Å². The van der Waals surface area contributed by atoms with Crippen molar-refractivity contribution < 1.29 is 19.1 Å². The van der Waals surface area contributed by atoms with E-state index in [1.54, 1.807) is 27.1 Å². The number of carbonyl (C=O) groups excluding carboxylic acids is 2. The summed E-state index contributed by atoms with van der Waals surface area (Å²) in [6, 6.07) is 25.2. The number of hydrogen-bond donors (Lipinski definition) is 0. The highest BCUT2D eigenvalue weighted by Crippen LogP contribution is 2.29. The molecule has 0 spiro atoms. The predicted molar refractivity (Wildman–Crippen MR) is 227 cm³/mol. The van der Waals surface area contributed by atoms with Crippen LogP contribution in [0, 0.1) is 0 Å². The van der Waals surface area contributed by atoms with Gasteiger partial charge in [0.2, 0.25) is 11.9 Å². The van der Waals surface area contributed by atoms with E-state index in [0.717, 1.165) is 67.7 Å². The maximum atomic E-state index is 12.1. The van der Waals surface area contributed by atoms with E-state index < -0.39 is 11.5 Å². The molecule has 1 amide bonds. The number of nitrogens with zero attached hydrogens (tertiary/aromatic N) is 9. The smallest absolute Gasteiger partial charge is 0.414 e. The van der Waals surface area contributed by atoms with Crippen molar-refractivity contribution in [3.63, 3.8) is 0 Å². The lowest BCUT2D eigenvalue weighted by Gasteiger charge is -2.19. The standard InChI is InChI=1S/C21H25N5O2.C19H22N4.C3H5ClO2/c1-3-28-21(27)24(2)17-13-18-19(22-14-17)23-20(25-11-7-8-12-25)26(18)15-16-9-5-4-6-10-16;1-2-15-12-17-18(20-13-15)21-19(22-10-6-7-11-22)23(17)14-16-8-4-3-5-9-16;1-2-6-3(4)5/h4-6,9-10,13-14H,3,7-8,11-12,15H2,1-2H3;3-5,8-9,12-13H,2,6-7,10-11,14H2,1H3;2H2,1H3. The molecule has 2 fully saturated rings. The Labute approximate surface area is 339 Å². The average molecular weight is 794 g/mol. The maximum Gasteiger partial charge on any atom is 0.414 e. The molecule has 0 unspecified atom stereocenters. The van der Waals surface area contributed by atoms with Gasteiger partial charge in [0, 0.05) is 51.0 Å². The van der Waals surface area contributed by atoms with Gasteiger partial charge in [-0.05, 0) is 74.8 Å². The second kappa shape index (κ2) is 19.9. The van der Waals surface area contributed by atoms with Gasteiger partial charge in [-0.2, -0.15) is 9.97 Å². The van der Waals surface area contributed by atoms with E-state index in [4.69, 9.17) is 26.3 Å². The number of pyridine rings is 2. The summed E-state index contributed by atoms with van der Waals surface area (Å²) in [6.07, 6.45) is 9.10. The number of carbonyl (C=O) groups is 2. The number of aryl methyl sites for hydroxylation is 1. The van der Waals surface area contributed by atoms with E-state index >= 15 is 0 Å². The van der Waals surface area contributed by atoms with Crippen molar-refractivity contribution in [2.24, 2.45) is 0 Å². The molecule has 6 heterocycles. The van der Waals surface area contributed by atoms with E-state index in [0.29, 0.717) is 31.1 Å². The minimum absolute atomic E-state index is 0.337. The third-order valence-corrected chi connectivity index (χ3v) is 10.1. The van der Waals surface area contributed by atoms with Crippen LogP contribution in [-0.2, 0) is 29.0 Å². The summed E-state index contributed by atoms with van der Waals surface area (Å²) in [6.45, 7) is 12.1. The molecule has 2 aliphatic heterocycles. The van der Waals surface area contributed by atoms with Crippen LogP contribution in [0.15, 0.2) is 85.2 Å². The van der Waals surface area contributed by atoms with Crippen molar-refractivity contribution in [1.29, 1.82) is 0 Å². The van der Waals surface area contributed by atoms with Crippen molar-refractivity contribution in [1.82, 2.24) is 29.1 Å². The lowest BCUT2D eigenvalue weighted by atomic mass is 10.2. The summed E-state index contributed by atoms with van der Waals surface area (Å²) >= 11 is 4.72. The zero-order valence-corrected chi connectivity index (χ0v) is 34.1. The fourth-order valence-electron chi connectivity index (χ4n) is 6.99. The Morgan fingerprint density at radius 1 is 0.667 bits per heavy atom. The summed E-state index contributed by atoms with van der Waals surface area (Å²) in [5.41, 5.74) is 7.33. The van der Waals surface area contributed by atoms with Gasteiger partial charge in [-0.15, -0.1) is 0 Å². The minimum atomic E-state index is -0.738. The topological polar surface area (TPSA) is 124 Å². The number of anilines is 3. The molecule has 6 aromatic rings. The first kappa shape index (κ1) is 41.0. The number of ether oxygens (including phenoxy) is 2. The molecule has 0 aliphatic carbocycles. The highest BCUT2D eigenvalue weighted by molar-refractivity contribution is 6.61. The zero-order chi connectivity index (χ0) is 40.1. The number of amides is 1. The first-order valence-electron chi connectivity index (χ1n) is 19.8. The Bertz CT molecular complexity index is 2220. The minimum Gasteiger partial charge on any atom is -0.454 e. The van der Waals surface area contributed by atoms with Crippen LogP contribution in [0.5, 0.6) is 0 Å². The number of hydrogen-bond acceptors (Lipinski definition) is 10. The third kappa shape index (κ3) is 10.4. The molecule has 13 nitrogen and oxygen atoms in total. The number of rotatable bonds is 10. The van der Waals surface area contributed by atoms with Gasteiger partial charge in [-0.25, -0.2) is 19.6 Å². The number of benzene rings is 2. The van der Waals surface area contributed by atoms with Crippen molar-refractivity contribution in [2.75, 3.05) is 61.1 Å². The third-order valence-electron chi connectivity index (χ3n) is 9.95. The molecule has 2 aliphatic rings. The SMILES string of the molecule is CCOC(=O)Cl.CCOC(=O)N(C)c1cnc2nc(N3CCCC3)n(Cc3ccccc3)c2c1.CCc1cnc2nc(N3CCCC3)n(Cc3ccccc3)c2c1. The number of imidazole rings is 2.